The Morgan fingerprint density at radius 2 is 2.07 bits per heavy atom. The van der Waals surface area contributed by atoms with Gasteiger partial charge in [-0.3, -0.25) is 4.21 Å². The molecule has 0 bridgehead atoms. The Balaban J connectivity index is 2.47. The van der Waals surface area contributed by atoms with Crippen molar-refractivity contribution >= 4 is 16.8 Å². The molecule has 0 radical (unpaired) electrons. The summed E-state index contributed by atoms with van der Waals surface area (Å²) in [6, 6.07) is 5.04. The highest BCUT2D eigenvalue weighted by Gasteiger charge is 2.25. The fourth-order valence-corrected chi connectivity index (χ4v) is 2.16. The summed E-state index contributed by atoms with van der Waals surface area (Å²) in [6.07, 6.45) is 3.79. The third kappa shape index (κ3) is 2.26. The highest BCUT2D eigenvalue weighted by Crippen LogP contribution is 2.40. The van der Waals surface area contributed by atoms with Crippen molar-refractivity contribution in [2.75, 3.05) is 6.26 Å². The molecule has 0 heterocycles. The maximum absolute atomic E-state index is 11.3. The van der Waals surface area contributed by atoms with Gasteiger partial charge in [-0.05, 0) is 42.5 Å². The first-order valence-corrected chi connectivity index (χ1v) is 6.35. The summed E-state index contributed by atoms with van der Waals surface area (Å²) in [7, 11) is -1.12. The number of benzene rings is 1. The average molecular weight is 224 g/mol. The summed E-state index contributed by atoms with van der Waals surface area (Å²) in [5.74, 6) is -0.476. The Bertz CT molecular complexity index is 403. The molecule has 80 valence electrons. The van der Waals surface area contributed by atoms with Gasteiger partial charge in [-0.25, -0.2) is 4.79 Å². The Hall–Kier alpha value is -1.16. The van der Waals surface area contributed by atoms with Gasteiger partial charge in [0.1, 0.15) is 0 Å². The molecule has 1 aliphatic carbocycles. The number of carboxylic acid groups (broad SMARTS) is 1. The predicted octanol–water partition coefficient (Wildman–Crippen LogP) is 2.00. The van der Waals surface area contributed by atoms with Crippen molar-refractivity contribution in [3.8, 4) is 0 Å². The molecule has 0 spiro atoms. The van der Waals surface area contributed by atoms with Crippen molar-refractivity contribution in [3.05, 3.63) is 29.3 Å². The van der Waals surface area contributed by atoms with Gasteiger partial charge in [0.25, 0.3) is 0 Å². The Morgan fingerprint density at radius 3 is 2.53 bits per heavy atom. The van der Waals surface area contributed by atoms with Crippen LogP contribution in [-0.4, -0.2) is 21.5 Å². The van der Waals surface area contributed by atoms with Gasteiger partial charge in [0.15, 0.2) is 0 Å². The zero-order valence-corrected chi connectivity index (χ0v) is 9.21. The molecule has 1 aromatic rings. The topological polar surface area (TPSA) is 54.4 Å². The Labute approximate surface area is 90.6 Å². The largest absolute Gasteiger partial charge is 0.478 e. The number of hydrogen-bond donors (Lipinski definition) is 1. The molecule has 3 nitrogen and oxygen atoms in total. The van der Waals surface area contributed by atoms with E-state index in [1.54, 1.807) is 12.3 Å². The number of carbonyl (C=O) groups is 1. The lowest BCUT2D eigenvalue weighted by Crippen LogP contribution is -2.00. The molecule has 1 N–H and O–H groups in total. The fraction of sp³-hybridized carbons (Fsp3) is 0.364. The second-order valence-electron chi connectivity index (χ2n) is 3.82. The van der Waals surface area contributed by atoms with E-state index >= 15 is 0 Å². The summed E-state index contributed by atoms with van der Waals surface area (Å²) < 4.78 is 11.3. The minimum Gasteiger partial charge on any atom is -0.478 e. The second-order valence-corrected chi connectivity index (χ2v) is 5.20. The molecule has 1 fully saturated rings. The van der Waals surface area contributed by atoms with Crippen LogP contribution in [0, 0.1) is 0 Å². The number of hydrogen-bond acceptors (Lipinski definition) is 2. The molecule has 2 rings (SSSR count). The molecule has 4 heteroatoms. The van der Waals surface area contributed by atoms with Crippen LogP contribution in [0.3, 0.4) is 0 Å². The number of rotatable bonds is 3. The molecular weight excluding hydrogens is 212 g/mol. The van der Waals surface area contributed by atoms with E-state index in [9.17, 15) is 9.00 Å². The van der Waals surface area contributed by atoms with Gasteiger partial charge in [0.2, 0.25) is 0 Å². The van der Waals surface area contributed by atoms with E-state index in [-0.39, 0.29) is 5.56 Å². The third-order valence-corrected chi connectivity index (χ3v) is 3.46. The van der Waals surface area contributed by atoms with Gasteiger partial charge < -0.3 is 5.11 Å². The first kappa shape index (κ1) is 10.4. The van der Waals surface area contributed by atoms with E-state index in [0.29, 0.717) is 10.8 Å². The van der Waals surface area contributed by atoms with Crippen molar-refractivity contribution in [3.63, 3.8) is 0 Å². The van der Waals surface area contributed by atoms with Crippen LogP contribution in [0.5, 0.6) is 0 Å². The second kappa shape index (κ2) is 3.77. The zero-order chi connectivity index (χ0) is 11.0. The van der Waals surface area contributed by atoms with Crippen molar-refractivity contribution in [1.82, 2.24) is 0 Å². The van der Waals surface area contributed by atoms with E-state index < -0.39 is 16.8 Å². The van der Waals surface area contributed by atoms with Crippen molar-refractivity contribution in [2.24, 2.45) is 0 Å². The van der Waals surface area contributed by atoms with Crippen molar-refractivity contribution in [1.29, 1.82) is 0 Å². The molecule has 1 atom stereocenters. The lowest BCUT2D eigenvalue weighted by molar-refractivity contribution is 0.0696. The quantitative estimate of drug-likeness (QED) is 0.854. The van der Waals surface area contributed by atoms with Gasteiger partial charge in [0.05, 0.1) is 5.56 Å². The van der Waals surface area contributed by atoms with E-state index in [1.807, 2.05) is 6.07 Å². The smallest absolute Gasteiger partial charge is 0.335 e. The summed E-state index contributed by atoms with van der Waals surface area (Å²) >= 11 is 0. The monoisotopic (exact) mass is 224 g/mol. The lowest BCUT2D eigenvalue weighted by Gasteiger charge is -2.04. The average Bonchev–Trinajstić information content (AvgIpc) is 3.00. The molecule has 1 saturated carbocycles. The molecule has 1 aliphatic rings. The van der Waals surface area contributed by atoms with Crippen molar-refractivity contribution in [2.45, 2.75) is 23.7 Å². The van der Waals surface area contributed by atoms with Crippen LogP contribution in [0.4, 0.5) is 0 Å². The van der Waals surface area contributed by atoms with Crippen LogP contribution in [0.15, 0.2) is 23.1 Å². The van der Waals surface area contributed by atoms with E-state index in [4.69, 9.17) is 5.11 Å². The number of carboxylic acids is 1. The first-order valence-electron chi connectivity index (χ1n) is 4.79. The minimum absolute atomic E-state index is 0.240. The summed E-state index contributed by atoms with van der Waals surface area (Å²) in [5.41, 5.74) is 1.25. The molecule has 0 saturated heterocycles. The minimum atomic E-state index is -1.12. The molecule has 1 unspecified atom stereocenters. The Morgan fingerprint density at radius 1 is 1.40 bits per heavy atom. The van der Waals surface area contributed by atoms with Crippen LogP contribution in [0.2, 0.25) is 0 Å². The predicted molar refractivity (Wildman–Crippen MR) is 57.7 cm³/mol. The molecular formula is C11H12O3S. The summed E-state index contributed by atoms with van der Waals surface area (Å²) in [4.78, 5) is 11.5. The molecule has 0 aromatic heterocycles. The SMILES string of the molecule is CS(=O)c1cc(C(=O)O)cc(C2CC2)c1. The van der Waals surface area contributed by atoms with Crippen LogP contribution >= 0.6 is 0 Å². The van der Waals surface area contributed by atoms with Gasteiger partial charge in [-0.1, -0.05) is 0 Å². The number of aromatic carboxylic acids is 1. The fourth-order valence-electron chi connectivity index (χ4n) is 1.56. The standard InChI is InChI=1S/C11H12O3S/c1-15(14)10-5-8(7-2-3-7)4-9(6-10)11(12)13/h4-7H,2-3H2,1H3,(H,12,13). The van der Waals surface area contributed by atoms with Gasteiger partial charge in [-0.15, -0.1) is 0 Å². The highest BCUT2D eigenvalue weighted by atomic mass is 32.2. The normalized spacial score (nSPS) is 17.4. The zero-order valence-electron chi connectivity index (χ0n) is 8.40. The lowest BCUT2D eigenvalue weighted by atomic mass is 10.1. The maximum Gasteiger partial charge on any atom is 0.335 e. The van der Waals surface area contributed by atoms with Gasteiger partial charge >= 0.3 is 5.97 Å². The summed E-state index contributed by atoms with van der Waals surface area (Å²) in [5, 5.41) is 8.92. The van der Waals surface area contributed by atoms with E-state index in [0.717, 1.165) is 18.4 Å². The van der Waals surface area contributed by atoms with Crippen molar-refractivity contribution < 1.29 is 14.1 Å². The molecule has 1 aromatic carbocycles. The maximum atomic E-state index is 11.3. The molecule has 15 heavy (non-hydrogen) atoms. The van der Waals surface area contributed by atoms with Gasteiger partial charge in [0, 0.05) is 22.0 Å². The van der Waals surface area contributed by atoms with Crippen LogP contribution in [0.1, 0.15) is 34.7 Å². The van der Waals surface area contributed by atoms with Crippen LogP contribution < -0.4 is 0 Å². The summed E-state index contributed by atoms with van der Waals surface area (Å²) in [6.45, 7) is 0. The van der Waals surface area contributed by atoms with E-state index in [1.165, 1.54) is 6.07 Å². The Kier molecular flexibility index (Phi) is 2.61. The molecule has 0 amide bonds. The van der Waals surface area contributed by atoms with Crippen LogP contribution in [-0.2, 0) is 10.8 Å². The third-order valence-electron chi connectivity index (χ3n) is 2.56. The van der Waals surface area contributed by atoms with Gasteiger partial charge in [-0.2, -0.15) is 0 Å². The van der Waals surface area contributed by atoms with Crippen LogP contribution in [0.25, 0.3) is 0 Å². The highest BCUT2D eigenvalue weighted by molar-refractivity contribution is 7.84. The molecule has 0 aliphatic heterocycles. The van der Waals surface area contributed by atoms with E-state index in [2.05, 4.69) is 0 Å². The first-order chi connectivity index (χ1) is 7.08.